The molecule has 1 N–H and O–H groups in total. The Kier molecular flexibility index (Phi) is 4.50. The van der Waals surface area contributed by atoms with Crippen molar-refractivity contribution in [3.05, 3.63) is 65.7 Å². The van der Waals surface area contributed by atoms with E-state index in [2.05, 4.69) is 0 Å². The van der Waals surface area contributed by atoms with Crippen molar-refractivity contribution in [2.24, 2.45) is 0 Å². The van der Waals surface area contributed by atoms with Crippen LogP contribution >= 0.6 is 0 Å². The van der Waals surface area contributed by atoms with Crippen molar-refractivity contribution in [2.45, 2.75) is 30.7 Å². The van der Waals surface area contributed by atoms with Crippen LogP contribution in [0, 0.1) is 6.92 Å². The van der Waals surface area contributed by atoms with Gasteiger partial charge in [0.25, 0.3) is 0 Å². The summed E-state index contributed by atoms with van der Waals surface area (Å²) >= 11 is 0. The van der Waals surface area contributed by atoms with Gasteiger partial charge in [-0.3, -0.25) is 0 Å². The van der Waals surface area contributed by atoms with Gasteiger partial charge in [0.15, 0.2) is 0 Å². The van der Waals surface area contributed by atoms with Crippen molar-refractivity contribution in [3.63, 3.8) is 0 Å². The molecule has 0 bridgehead atoms. The normalized spacial score (nSPS) is 23.7. The van der Waals surface area contributed by atoms with Crippen LogP contribution in [0.5, 0.6) is 0 Å². The second-order valence-corrected chi connectivity index (χ2v) is 7.43. The third kappa shape index (κ3) is 3.30. The van der Waals surface area contributed by atoms with Crippen molar-refractivity contribution in [3.8, 4) is 0 Å². The third-order valence-electron chi connectivity index (χ3n) is 3.86. The maximum atomic E-state index is 12.6. The average Bonchev–Trinajstić information content (AvgIpc) is 3.28. The lowest BCUT2D eigenvalue weighted by Crippen LogP contribution is -2.17. The van der Waals surface area contributed by atoms with Crippen molar-refractivity contribution < 1.29 is 18.3 Å². The number of benzene rings is 2. The summed E-state index contributed by atoms with van der Waals surface area (Å²) in [5.41, 5.74) is 1.95. The van der Waals surface area contributed by atoms with Gasteiger partial charge in [0.2, 0.25) is 10.0 Å². The van der Waals surface area contributed by atoms with Crippen molar-refractivity contribution in [1.82, 2.24) is 4.31 Å². The summed E-state index contributed by atoms with van der Waals surface area (Å²) in [5.74, 6) is 0. The molecule has 1 fully saturated rings. The van der Waals surface area contributed by atoms with E-state index in [0.29, 0.717) is 6.61 Å². The molecule has 0 aromatic heterocycles. The summed E-state index contributed by atoms with van der Waals surface area (Å²) in [5, 5.41) is 9.41. The van der Waals surface area contributed by atoms with Gasteiger partial charge in [-0.1, -0.05) is 48.0 Å². The molecule has 23 heavy (non-hydrogen) atoms. The molecule has 0 amide bonds. The molecule has 0 aliphatic carbocycles. The number of aliphatic hydroxyl groups excluding tert-OH is 1. The van der Waals surface area contributed by atoms with Crippen LogP contribution < -0.4 is 0 Å². The van der Waals surface area contributed by atoms with Gasteiger partial charge in [-0.2, -0.15) is 4.31 Å². The number of aliphatic hydroxyl groups is 1. The second kappa shape index (κ2) is 6.41. The molecule has 1 aliphatic rings. The largest absolute Gasteiger partial charge is 0.395 e. The van der Waals surface area contributed by atoms with Gasteiger partial charge in [-0.15, -0.1) is 0 Å². The van der Waals surface area contributed by atoms with Crippen LogP contribution in [0.2, 0.25) is 0 Å². The summed E-state index contributed by atoms with van der Waals surface area (Å²) in [6.07, 6.45) is -0.619. The molecule has 6 heteroatoms. The first-order valence-corrected chi connectivity index (χ1v) is 8.84. The summed E-state index contributed by atoms with van der Waals surface area (Å²) in [7, 11) is -3.65. The molecule has 0 saturated carbocycles. The lowest BCUT2D eigenvalue weighted by Gasteiger charge is -2.07. The van der Waals surface area contributed by atoms with Crippen molar-refractivity contribution in [2.75, 3.05) is 6.61 Å². The fourth-order valence-corrected chi connectivity index (χ4v) is 4.16. The summed E-state index contributed by atoms with van der Waals surface area (Å²) in [6, 6.07) is 15.7. The molecule has 2 aromatic carbocycles. The van der Waals surface area contributed by atoms with E-state index >= 15 is 0 Å². The van der Waals surface area contributed by atoms with Gasteiger partial charge >= 0.3 is 0 Å². The zero-order valence-corrected chi connectivity index (χ0v) is 13.6. The smallest absolute Gasteiger partial charge is 0.245 e. The zero-order chi connectivity index (χ0) is 16.4. The Morgan fingerprint density at radius 3 is 2.35 bits per heavy atom. The number of sulfonamides is 1. The second-order valence-electron chi connectivity index (χ2n) is 5.59. The Balaban J connectivity index is 1.73. The van der Waals surface area contributed by atoms with Crippen LogP contribution in [0.3, 0.4) is 0 Å². The topological polar surface area (TPSA) is 66.6 Å². The molecule has 2 aromatic rings. The minimum Gasteiger partial charge on any atom is -0.395 e. The Morgan fingerprint density at radius 1 is 1.09 bits per heavy atom. The zero-order valence-electron chi connectivity index (χ0n) is 12.8. The summed E-state index contributed by atoms with van der Waals surface area (Å²) in [4.78, 5) is 0.215. The Morgan fingerprint density at radius 2 is 1.74 bits per heavy atom. The van der Waals surface area contributed by atoms with E-state index in [1.807, 2.05) is 37.3 Å². The van der Waals surface area contributed by atoms with E-state index in [-0.39, 0.29) is 11.5 Å². The predicted octanol–water partition coefficient (Wildman–Crippen LogP) is 1.90. The van der Waals surface area contributed by atoms with E-state index in [1.165, 1.54) is 4.31 Å². The lowest BCUT2D eigenvalue weighted by atomic mass is 10.2. The van der Waals surface area contributed by atoms with E-state index in [9.17, 15) is 13.5 Å². The van der Waals surface area contributed by atoms with Crippen molar-refractivity contribution in [1.29, 1.82) is 0 Å². The number of hydrogen-bond acceptors (Lipinski definition) is 4. The summed E-state index contributed by atoms with van der Waals surface area (Å²) < 4.78 is 32.2. The number of ether oxygens (including phenoxy) is 1. The molecular formula is C17H19NO4S. The highest BCUT2D eigenvalue weighted by Crippen LogP contribution is 2.36. The highest BCUT2D eigenvalue weighted by molar-refractivity contribution is 7.89. The van der Waals surface area contributed by atoms with Crippen LogP contribution in [0.1, 0.15) is 11.1 Å². The molecular weight excluding hydrogens is 314 g/mol. The fourth-order valence-electron chi connectivity index (χ4n) is 2.49. The van der Waals surface area contributed by atoms with Crippen LogP contribution in [0.4, 0.5) is 0 Å². The number of aryl methyl sites for hydroxylation is 1. The Hall–Kier alpha value is -1.73. The number of nitrogens with zero attached hydrogens (tertiary/aromatic N) is 1. The number of hydrogen-bond donors (Lipinski definition) is 1. The van der Waals surface area contributed by atoms with Crippen LogP contribution in [0.25, 0.3) is 0 Å². The van der Waals surface area contributed by atoms with Gasteiger partial charge in [0.1, 0.15) is 6.23 Å². The Bertz CT molecular complexity index is 759. The first-order valence-electron chi connectivity index (χ1n) is 7.40. The van der Waals surface area contributed by atoms with Gasteiger partial charge in [0.05, 0.1) is 24.2 Å². The SMILES string of the molecule is Cc1ccc(S(=O)(=O)N2[C@H](CO)[C@@H]2OCc2ccccc2)cc1. The van der Waals surface area contributed by atoms with Gasteiger partial charge in [-0.05, 0) is 24.6 Å². The molecule has 3 atom stereocenters. The highest BCUT2D eigenvalue weighted by atomic mass is 32.2. The fraction of sp³-hybridized carbons (Fsp3) is 0.294. The molecule has 0 spiro atoms. The quantitative estimate of drug-likeness (QED) is 0.820. The monoisotopic (exact) mass is 333 g/mol. The molecule has 1 aliphatic heterocycles. The van der Waals surface area contributed by atoms with E-state index in [1.54, 1.807) is 24.3 Å². The number of rotatable bonds is 6. The first kappa shape index (κ1) is 16.1. The van der Waals surface area contributed by atoms with Crippen molar-refractivity contribution >= 4 is 10.0 Å². The van der Waals surface area contributed by atoms with E-state index < -0.39 is 22.3 Å². The molecule has 122 valence electrons. The maximum absolute atomic E-state index is 12.6. The van der Waals surface area contributed by atoms with Crippen LogP contribution in [-0.2, 0) is 21.4 Å². The van der Waals surface area contributed by atoms with E-state index in [4.69, 9.17) is 4.74 Å². The third-order valence-corrected chi connectivity index (χ3v) is 5.77. The van der Waals surface area contributed by atoms with Crippen LogP contribution in [-0.4, -0.2) is 36.7 Å². The van der Waals surface area contributed by atoms with E-state index in [0.717, 1.165) is 11.1 Å². The first-order chi connectivity index (χ1) is 11.0. The molecule has 0 radical (unpaired) electrons. The minimum atomic E-state index is -3.65. The molecule has 1 saturated heterocycles. The van der Waals surface area contributed by atoms with Gasteiger partial charge in [0, 0.05) is 0 Å². The summed E-state index contributed by atoms with van der Waals surface area (Å²) in [6.45, 7) is 1.95. The highest BCUT2D eigenvalue weighted by Gasteiger charge is 2.56. The maximum Gasteiger partial charge on any atom is 0.245 e. The average molecular weight is 333 g/mol. The molecule has 3 rings (SSSR count). The lowest BCUT2D eigenvalue weighted by molar-refractivity contribution is 0.0803. The van der Waals surface area contributed by atoms with Gasteiger partial charge < -0.3 is 9.84 Å². The van der Waals surface area contributed by atoms with Gasteiger partial charge in [-0.25, -0.2) is 8.42 Å². The molecule has 5 nitrogen and oxygen atoms in total. The standard InChI is InChI=1S/C17H19NO4S/c1-13-7-9-15(10-8-13)23(20,21)18-16(11-19)17(18)22-12-14-5-3-2-4-6-14/h2-10,16-17,19H,11-12H2,1H3/t16-,17+,18?/m1/s1. The molecule has 1 unspecified atom stereocenters. The molecule has 1 heterocycles. The minimum absolute atomic E-state index is 0.215. The predicted molar refractivity (Wildman–Crippen MR) is 86.1 cm³/mol. The Labute approximate surface area is 136 Å². The van der Waals surface area contributed by atoms with Crippen LogP contribution in [0.15, 0.2) is 59.5 Å².